The Bertz CT molecular complexity index is 208. The third-order valence-corrected chi connectivity index (χ3v) is 2.72. The second kappa shape index (κ2) is 2.98. The first kappa shape index (κ1) is 6.77. The lowest BCUT2D eigenvalue weighted by atomic mass is 10.6. The highest BCUT2D eigenvalue weighted by atomic mass is 32.2. The number of aromatic nitrogens is 1. The van der Waals surface area contributed by atoms with Gasteiger partial charge in [0.25, 0.3) is 0 Å². The van der Waals surface area contributed by atoms with Gasteiger partial charge in [0.05, 0.1) is 4.88 Å². The lowest BCUT2D eigenvalue weighted by Crippen LogP contribution is -1.63. The van der Waals surface area contributed by atoms with Gasteiger partial charge in [-0.15, -0.1) is 11.3 Å². The van der Waals surface area contributed by atoms with Gasteiger partial charge in [-0.2, -0.15) is 0 Å². The van der Waals surface area contributed by atoms with E-state index in [2.05, 4.69) is 4.98 Å². The van der Waals surface area contributed by atoms with Gasteiger partial charge in [0.15, 0.2) is 6.29 Å². The van der Waals surface area contributed by atoms with E-state index in [1.54, 1.807) is 18.0 Å². The van der Waals surface area contributed by atoms with E-state index in [9.17, 15) is 4.79 Å². The molecule has 1 heterocycles. The molecule has 0 saturated carbocycles. The average Bonchev–Trinajstić information content (AvgIpc) is 2.34. The highest BCUT2D eigenvalue weighted by Gasteiger charge is 1.96. The Kier molecular flexibility index (Phi) is 2.24. The molecule has 1 aromatic rings. The fourth-order valence-corrected chi connectivity index (χ4v) is 1.66. The number of thioether (sulfide) groups is 1. The lowest BCUT2D eigenvalue weighted by Gasteiger charge is -1.78. The summed E-state index contributed by atoms with van der Waals surface area (Å²) in [5, 5.41) is 0. The predicted octanol–water partition coefficient (Wildman–Crippen LogP) is 1.68. The molecule has 0 aliphatic heterocycles. The molecule has 0 spiro atoms. The molecular formula is C5H5NOS2. The summed E-state index contributed by atoms with van der Waals surface area (Å²) in [6.45, 7) is 0. The minimum atomic E-state index is 0.694. The van der Waals surface area contributed by atoms with Gasteiger partial charge in [0.2, 0.25) is 0 Å². The molecule has 0 aromatic carbocycles. The average molecular weight is 159 g/mol. The zero-order valence-electron chi connectivity index (χ0n) is 4.83. The Morgan fingerprint density at radius 1 is 1.89 bits per heavy atom. The maximum absolute atomic E-state index is 10.1. The summed E-state index contributed by atoms with van der Waals surface area (Å²) in [6, 6.07) is 0. The van der Waals surface area contributed by atoms with E-state index >= 15 is 0 Å². The zero-order chi connectivity index (χ0) is 6.69. The maximum Gasteiger partial charge on any atom is 0.161 e. The summed E-state index contributed by atoms with van der Waals surface area (Å²) < 4.78 is 0.942. The van der Waals surface area contributed by atoms with Crippen molar-refractivity contribution in [1.29, 1.82) is 0 Å². The molecule has 0 fully saturated rings. The van der Waals surface area contributed by atoms with Crippen LogP contribution < -0.4 is 0 Å². The molecule has 2 nitrogen and oxygen atoms in total. The summed E-state index contributed by atoms with van der Waals surface area (Å²) >= 11 is 2.97. The molecule has 4 heteroatoms. The molecule has 9 heavy (non-hydrogen) atoms. The Morgan fingerprint density at radius 3 is 3.00 bits per heavy atom. The molecule has 0 N–H and O–H groups in total. The van der Waals surface area contributed by atoms with Crippen molar-refractivity contribution in [3.63, 3.8) is 0 Å². The number of carbonyl (C=O) groups excluding carboxylic acids is 1. The SMILES string of the molecule is CSc1ncc(C=O)s1. The van der Waals surface area contributed by atoms with Crippen LogP contribution in [-0.2, 0) is 0 Å². The zero-order valence-corrected chi connectivity index (χ0v) is 6.46. The summed E-state index contributed by atoms with van der Waals surface area (Å²) in [7, 11) is 0. The fraction of sp³-hybridized carbons (Fsp3) is 0.200. The van der Waals surface area contributed by atoms with Crippen molar-refractivity contribution in [1.82, 2.24) is 4.98 Å². The number of nitrogens with zero attached hydrogens (tertiary/aromatic N) is 1. The van der Waals surface area contributed by atoms with E-state index in [1.807, 2.05) is 6.26 Å². The fourth-order valence-electron chi connectivity index (χ4n) is 0.419. The van der Waals surface area contributed by atoms with Gasteiger partial charge in [-0.25, -0.2) is 4.98 Å². The summed E-state index contributed by atoms with van der Waals surface area (Å²) in [6.07, 6.45) is 4.34. The maximum atomic E-state index is 10.1. The monoisotopic (exact) mass is 159 g/mol. The summed E-state index contributed by atoms with van der Waals surface area (Å²) in [5.74, 6) is 0. The Labute approximate surface area is 61.3 Å². The summed E-state index contributed by atoms with van der Waals surface area (Å²) in [5.41, 5.74) is 0. The molecule has 1 rings (SSSR count). The predicted molar refractivity (Wildman–Crippen MR) is 39.3 cm³/mol. The third-order valence-electron chi connectivity index (χ3n) is 0.793. The number of carbonyl (C=O) groups is 1. The first-order valence-corrected chi connectivity index (χ1v) is 4.36. The Hall–Kier alpha value is -0.350. The lowest BCUT2D eigenvalue weighted by molar-refractivity contribution is 0.112. The number of hydrogen-bond donors (Lipinski definition) is 0. The van der Waals surface area contributed by atoms with Crippen LogP contribution in [0.3, 0.4) is 0 Å². The van der Waals surface area contributed by atoms with Crippen LogP contribution in [0.25, 0.3) is 0 Å². The van der Waals surface area contributed by atoms with Gasteiger partial charge in [0.1, 0.15) is 4.34 Å². The van der Waals surface area contributed by atoms with Crippen LogP contribution in [0.4, 0.5) is 0 Å². The van der Waals surface area contributed by atoms with Crippen LogP contribution >= 0.6 is 23.1 Å². The minimum Gasteiger partial charge on any atom is -0.297 e. The largest absolute Gasteiger partial charge is 0.297 e. The van der Waals surface area contributed by atoms with Gasteiger partial charge < -0.3 is 0 Å². The summed E-state index contributed by atoms with van der Waals surface area (Å²) in [4.78, 5) is 14.7. The Balaban J connectivity index is 2.86. The van der Waals surface area contributed by atoms with Gasteiger partial charge in [-0.1, -0.05) is 11.8 Å². The first-order chi connectivity index (χ1) is 4.36. The molecule has 1 aromatic heterocycles. The molecule has 0 atom stereocenters. The number of hydrogen-bond acceptors (Lipinski definition) is 4. The van der Waals surface area contributed by atoms with E-state index in [-0.39, 0.29) is 0 Å². The van der Waals surface area contributed by atoms with Crippen LogP contribution in [0, 0.1) is 0 Å². The molecule has 0 saturated heterocycles. The van der Waals surface area contributed by atoms with Crippen LogP contribution in [-0.4, -0.2) is 17.5 Å². The second-order valence-electron chi connectivity index (χ2n) is 1.35. The second-order valence-corrected chi connectivity index (χ2v) is 3.47. The molecule has 48 valence electrons. The molecule has 0 unspecified atom stereocenters. The number of rotatable bonds is 2. The van der Waals surface area contributed by atoms with Crippen LogP contribution in [0.1, 0.15) is 9.67 Å². The molecule has 0 bridgehead atoms. The molecular weight excluding hydrogens is 154 g/mol. The van der Waals surface area contributed by atoms with E-state index < -0.39 is 0 Å². The molecule has 0 radical (unpaired) electrons. The van der Waals surface area contributed by atoms with E-state index in [0.717, 1.165) is 10.6 Å². The normalized spacial score (nSPS) is 9.44. The van der Waals surface area contributed by atoms with Crippen LogP contribution in [0.5, 0.6) is 0 Å². The smallest absolute Gasteiger partial charge is 0.161 e. The van der Waals surface area contributed by atoms with Crippen molar-refractivity contribution < 1.29 is 4.79 Å². The van der Waals surface area contributed by atoms with Gasteiger partial charge in [0, 0.05) is 6.20 Å². The highest BCUT2D eigenvalue weighted by Crippen LogP contribution is 2.19. The Morgan fingerprint density at radius 2 is 2.67 bits per heavy atom. The molecule has 0 aliphatic carbocycles. The van der Waals surface area contributed by atoms with E-state index in [4.69, 9.17) is 0 Å². The topological polar surface area (TPSA) is 30.0 Å². The van der Waals surface area contributed by atoms with Crippen LogP contribution in [0.15, 0.2) is 10.5 Å². The van der Waals surface area contributed by atoms with Gasteiger partial charge in [-0.05, 0) is 6.26 Å². The van der Waals surface area contributed by atoms with Crippen molar-refractivity contribution in [3.8, 4) is 0 Å². The molecule has 0 aliphatic rings. The highest BCUT2D eigenvalue weighted by molar-refractivity contribution is 8.00. The third kappa shape index (κ3) is 1.53. The van der Waals surface area contributed by atoms with Crippen molar-refractivity contribution in [2.45, 2.75) is 4.34 Å². The van der Waals surface area contributed by atoms with Crippen molar-refractivity contribution in [3.05, 3.63) is 11.1 Å². The standard InChI is InChI=1S/C5H5NOS2/c1-8-5-6-2-4(3-7)9-5/h2-3H,1H3. The molecule has 0 amide bonds. The number of aldehydes is 1. The van der Waals surface area contributed by atoms with Crippen molar-refractivity contribution in [2.24, 2.45) is 0 Å². The number of thiazole rings is 1. The van der Waals surface area contributed by atoms with Gasteiger partial charge >= 0.3 is 0 Å². The van der Waals surface area contributed by atoms with E-state index in [0.29, 0.717) is 4.88 Å². The first-order valence-electron chi connectivity index (χ1n) is 2.32. The van der Waals surface area contributed by atoms with Crippen molar-refractivity contribution in [2.75, 3.05) is 6.26 Å². The van der Waals surface area contributed by atoms with Crippen LogP contribution in [0.2, 0.25) is 0 Å². The van der Waals surface area contributed by atoms with E-state index in [1.165, 1.54) is 11.3 Å². The quantitative estimate of drug-likeness (QED) is 0.485. The van der Waals surface area contributed by atoms with Crippen molar-refractivity contribution >= 4 is 29.4 Å². The van der Waals surface area contributed by atoms with Gasteiger partial charge in [-0.3, -0.25) is 4.79 Å². The minimum absolute atomic E-state index is 0.694.